The Balaban J connectivity index is 0.000000178. The number of carbonyl (C=O) groups is 6. The minimum absolute atomic E-state index is 0. The number of carbonyl (C=O) groups excluding carboxylic acids is 6. The number of hydrazine groups is 1. The number of para-hydroxylation sites is 1. The number of benzene rings is 7. The number of anilines is 2. The maximum Gasteiger partial charge on any atom is 1.00 e. The quantitative estimate of drug-likeness (QED) is 0.00540. The van der Waals surface area contributed by atoms with Crippen molar-refractivity contribution in [1.29, 1.82) is 0 Å². The molecule has 6 heterocycles. The zero-order valence-electron chi connectivity index (χ0n) is 81.1. The average molecular weight is 2170 g/mol. The van der Waals surface area contributed by atoms with Crippen LogP contribution in [0.1, 0.15) is 108 Å². The smallest absolute Gasteiger partial charge is 0.508 e. The number of methoxy groups -OCH3 is 4. The molecule has 1 saturated carbocycles. The first kappa shape index (κ1) is 113. The Labute approximate surface area is 898 Å². The zero-order valence-corrected chi connectivity index (χ0v) is 89.8. The maximum absolute atomic E-state index is 13.7. The van der Waals surface area contributed by atoms with Crippen LogP contribution in [-0.4, -0.2) is 216 Å². The summed E-state index contributed by atoms with van der Waals surface area (Å²) < 4.78 is 37.6. The van der Waals surface area contributed by atoms with E-state index in [1.807, 2.05) is 99.3 Å². The van der Waals surface area contributed by atoms with Gasteiger partial charge in [-0.05, 0) is 195 Å². The molecule has 7 aromatic carbocycles. The molecule has 35 nitrogen and oxygen atoms in total. The van der Waals surface area contributed by atoms with E-state index in [9.17, 15) is 73.8 Å². The van der Waals surface area contributed by atoms with E-state index in [2.05, 4.69) is 140 Å². The number of aromatic nitrogens is 7. The number of amides is 3. The molecule has 0 radical (unpaired) electrons. The molecular weight excluding hydrogens is 2060 g/mol. The number of phenolic OH excluding ortho intramolecular Hbond substituents is 4. The zero-order chi connectivity index (χ0) is 103. The first-order valence-corrected chi connectivity index (χ1v) is 47.4. The SMILES string of the molecule is CC1=CC(c2ccccc2)C(=S)C1CNc1c(Br)cc(C)cc1Br.CN(C)[C@@H]1C(=O)C(C(N)=O)=C(O)[C@@]2(O)C(=O)C3=C(O)c4c(O)cccc4[C@@](C)(O)[C@H]3[C@H](O)[C@@H]12.CNC(CO)C(=O)NNCc1ccc(O)c(O)c1O.COc1ccc2[n-]c([S@@](=O)Cc3ncc(C)c(OC)c3C)nc2c1.COc1ccc2c(n1)nc(C(=O)Cc1ncc(C)c(OC)c1C)n2C.Cl.O=C1c2ccccc2CN1c1ccccc1.[K+]. The van der Waals surface area contributed by atoms with Gasteiger partial charge in [0.1, 0.15) is 46.1 Å². The summed E-state index contributed by atoms with van der Waals surface area (Å²) in [7, 11) is 11.1. The third-order valence-electron chi connectivity index (χ3n) is 25.0. The molecule has 143 heavy (non-hydrogen) atoms. The Morgan fingerprint density at radius 3 is 1.97 bits per heavy atom. The summed E-state index contributed by atoms with van der Waals surface area (Å²) in [5.41, 5.74) is 18.9. The number of imidazole rings is 2. The number of nitrogens with two attached hydrogens (primary N) is 1. The summed E-state index contributed by atoms with van der Waals surface area (Å²) in [4.78, 5) is 105. The van der Waals surface area contributed by atoms with Crippen molar-refractivity contribution in [2.45, 2.75) is 114 Å². The molecule has 3 amide bonds. The number of nitrogens with zero attached hydrogens (tertiary/aromatic N) is 9. The number of hydrogen-bond donors (Lipinski definition) is 15. The number of rotatable bonds is 23. The number of aliphatic hydroxyl groups is 6. The van der Waals surface area contributed by atoms with Crippen LogP contribution in [0.2, 0.25) is 0 Å². The Bertz CT molecular complexity index is 6930. The van der Waals surface area contributed by atoms with Crippen LogP contribution in [-0.2, 0) is 67.9 Å². The van der Waals surface area contributed by atoms with Crippen LogP contribution in [0.3, 0.4) is 0 Å². The number of hydrogen-bond acceptors (Lipinski definition) is 31. The number of likely N-dealkylation sites (N-methyl/N-ethyl adjacent to an activating group) is 2. The van der Waals surface area contributed by atoms with E-state index in [4.69, 9.17) is 47.1 Å². The van der Waals surface area contributed by atoms with E-state index in [-0.39, 0.29) is 124 Å². The molecule has 0 spiro atoms. The van der Waals surface area contributed by atoms with Gasteiger partial charge in [-0.25, -0.2) is 10.4 Å². The number of allylic oxidation sites excluding steroid dienone is 1. The fourth-order valence-corrected chi connectivity index (χ4v) is 20.9. The molecule has 4 aliphatic carbocycles. The molecule has 748 valence electrons. The van der Waals surface area contributed by atoms with E-state index >= 15 is 0 Å². The summed E-state index contributed by atoms with van der Waals surface area (Å²) >= 11 is 13.1. The molecule has 41 heteroatoms. The van der Waals surface area contributed by atoms with E-state index in [0.717, 1.165) is 87.8 Å². The normalized spacial score (nSPS) is 18.8. The minimum atomic E-state index is -3.02. The van der Waals surface area contributed by atoms with Gasteiger partial charge in [0.25, 0.3) is 17.7 Å². The standard InChI is InChI=1S/C22H24N2O9.C20H19Br2NS.C18H20N4O3.C17H18N3O3S.C14H11NO.C11H17N3O5.ClH.K/c1-21(32)7-5-4-6-8(25)9(7)15(26)10-12(21)17(28)13-14(24(2)3)16(27)11(20(23)31)19(30)22(13,33)18(10)29;1-12-8-17(21)19(18(22)9-12)23-11-16-13(2)10-15(20(16)24)14-6-4-3-5-7-14;1-10-9-19-12(11(2)16(10)25-5)8-14(23)18-21-17-13(22(18)3)6-7-15(20-17)24-4;1-10-8-18-15(11(2)16(10)23-4)9-24(21)17-19-13-6-5-12(22-3)7-14(13)20-17;16-14-13-9-5-4-6-11(13)10-15(14)12-7-2-1-3-8-12;1-12-7(5-15)11(19)14-13-4-6-2-3-8(16)10(18)9(6)17;;/h4-6,12-14,17,25-26,28,30,32-33H,1-3H3,(H2,23,31);3-10,15-16,23H,11H2,1-2H3;6-7,9H,8H2,1-5H3;5-8H,9H2,1-4H3;1-9H,10H2;2-3,7,12-13,15-18H,4-5H2,1H3,(H,14,19);1H;/q;;;-1;;;;+1/t12-,13-,14+,17+,21-,22+;;;24-;;;;/m1..0..../s1. The summed E-state index contributed by atoms with van der Waals surface area (Å²) in [5.74, 6) is -7.86. The predicted octanol–water partition coefficient (Wildman–Crippen LogP) is 8.99. The van der Waals surface area contributed by atoms with Crippen molar-refractivity contribution in [2.75, 3.05) is 73.0 Å². The number of aromatic hydroxyl groups is 4. The van der Waals surface area contributed by atoms with Crippen molar-refractivity contribution in [3.8, 4) is 46.1 Å². The fourth-order valence-electron chi connectivity index (χ4n) is 17.7. The van der Waals surface area contributed by atoms with Crippen molar-refractivity contribution in [1.82, 2.24) is 55.5 Å². The van der Waals surface area contributed by atoms with Gasteiger partial charge in [0.15, 0.2) is 34.4 Å². The van der Waals surface area contributed by atoms with Gasteiger partial charge in [0, 0.05) is 108 Å². The number of primary amides is 1. The number of halogens is 3. The molecule has 10 atom stereocenters. The number of pyridine rings is 3. The van der Waals surface area contributed by atoms with Crippen LogP contribution in [0.4, 0.5) is 11.4 Å². The van der Waals surface area contributed by atoms with Crippen LogP contribution in [0.15, 0.2) is 213 Å². The van der Waals surface area contributed by atoms with E-state index in [1.54, 1.807) is 76.7 Å². The number of thiocarbonyl (C=S) groups is 1. The van der Waals surface area contributed by atoms with Gasteiger partial charge < -0.3 is 106 Å². The second-order valence-corrected chi connectivity index (χ2v) is 37.7. The van der Waals surface area contributed by atoms with Gasteiger partial charge in [0.2, 0.25) is 23.2 Å². The Morgan fingerprint density at radius 2 is 1.37 bits per heavy atom. The summed E-state index contributed by atoms with van der Waals surface area (Å²) in [6, 6.07) is 45.7. The van der Waals surface area contributed by atoms with E-state index in [1.165, 1.54) is 80.0 Å². The number of Topliss-reactive ketones (excluding diaryl/α,β-unsaturated/α-hetero) is 3. The fraction of sp³-hybridized carbons (Fsp3) is 0.294. The molecule has 12 aromatic rings. The van der Waals surface area contributed by atoms with Gasteiger partial charge in [0.05, 0.1) is 128 Å². The largest absolute Gasteiger partial charge is 1.00 e. The van der Waals surface area contributed by atoms with E-state index < -0.39 is 121 Å². The molecule has 0 saturated heterocycles. The van der Waals surface area contributed by atoms with Gasteiger partial charge in [-0.2, -0.15) is 4.98 Å². The number of ether oxygens (including phenoxy) is 4. The number of aliphatic hydroxyl groups excluding tert-OH is 4. The predicted molar refractivity (Wildman–Crippen MR) is 548 cm³/mol. The molecule has 16 N–H and O–H groups in total. The second kappa shape index (κ2) is 48.7. The van der Waals surface area contributed by atoms with Gasteiger partial charge in [-0.3, -0.25) is 53.3 Å². The Kier molecular flexibility index (Phi) is 38.6. The van der Waals surface area contributed by atoms with Crippen LogP contribution in [0.5, 0.6) is 46.1 Å². The second-order valence-electron chi connectivity index (χ2n) is 34.2. The third-order valence-corrected chi connectivity index (χ3v) is 27.9. The first-order chi connectivity index (χ1) is 67.0. The first-order valence-electron chi connectivity index (χ1n) is 44.1. The number of phenols is 4. The molecule has 1 fully saturated rings. The topological polar surface area (TPSA) is 523 Å². The molecular formula is C102H110Br2ClKN14O21S2. The summed E-state index contributed by atoms with van der Waals surface area (Å²) in [6.45, 7) is 14.4. The molecule has 5 aliphatic rings. The van der Waals surface area contributed by atoms with Crippen molar-refractivity contribution in [2.24, 2.45) is 30.5 Å². The van der Waals surface area contributed by atoms with Crippen molar-refractivity contribution in [3.05, 3.63) is 286 Å². The Morgan fingerprint density at radius 1 is 0.748 bits per heavy atom. The van der Waals surface area contributed by atoms with Crippen molar-refractivity contribution >= 4 is 147 Å². The van der Waals surface area contributed by atoms with Crippen LogP contribution >= 0.6 is 56.5 Å². The van der Waals surface area contributed by atoms with Gasteiger partial charge >= 0.3 is 51.4 Å². The summed E-state index contributed by atoms with van der Waals surface area (Å²) in [5, 5.41) is 110. The monoisotopic (exact) mass is 2160 g/mol. The van der Waals surface area contributed by atoms with Crippen molar-refractivity contribution in [3.63, 3.8) is 0 Å². The molecule has 3 unspecified atom stereocenters. The Hall–Kier alpha value is -11.8. The van der Waals surface area contributed by atoms with Crippen LogP contribution in [0, 0.1) is 52.4 Å². The average Bonchev–Trinajstić information content (AvgIpc) is 1.48. The van der Waals surface area contributed by atoms with Gasteiger partial charge in [-0.1, -0.05) is 115 Å². The maximum atomic E-state index is 13.7. The molecule has 0 bridgehead atoms. The van der Waals surface area contributed by atoms with Crippen LogP contribution < -0.4 is 107 Å². The third kappa shape index (κ3) is 23.9. The van der Waals surface area contributed by atoms with Gasteiger partial charge in [-0.15, -0.1) is 12.4 Å². The number of nitrogens with one attached hydrogen (secondary N) is 4. The van der Waals surface area contributed by atoms with E-state index in [0.29, 0.717) is 57.1 Å². The molecule has 1 aliphatic heterocycles. The minimum Gasteiger partial charge on any atom is -0.508 e. The van der Waals surface area contributed by atoms with Crippen molar-refractivity contribution < 1.29 is 154 Å². The molecule has 17 rings (SSSR count). The number of aryl methyl sites for hydroxylation is 4. The molecule has 5 aromatic heterocycles. The number of fused-ring (bicyclic) bond motifs is 6. The van der Waals surface area contributed by atoms with Crippen LogP contribution in [0.25, 0.3) is 28.0 Å². The number of ketones is 3. The summed E-state index contributed by atoms with van der Waals surface area (Å²) in [6.07, 6.45) is 4.03.